The van der Waals surface area contributed by atoms with Crippen molar-refractivity contribution in [3.63, 3.8) is 0 Å². The quantitative estimate of drug-likeness (QED) is 0.537. The molecule has 1 saturated heterocycles. The first kappa shape index (κ1) is 18.5. The van der Waals surface area contributed by atoms with Crippen LogP contribution in [0.5, 0.6) is 0 Å². The van der Waals surface area contributed by atoms with E-state index in [-0.39, 0.29) is 5.72 Å². The monoisotopic (exact) mass is 385 g/mol. The molecule has 1 spiro atoms. The molecule has 1 saturated carbocycles. The Balaban J connectivity index is 1.70. The van der Waals surface area contributed by atoms with Gasteiger partial charge >= 0.3 is 0 Å². The topological polar surface area (TPSA) is 12.5 Å². The van der Waals surface area contributed by atoms with Crippen LogP contribution in [0.2, 0.25) is 0 Å². The molecular weight excluding hydrogens is 354 g/mol. The van der Waals surface area contributed by atoms with Gasteiger partial charge in [0, 0.05) is 24.5 Å². The normalized spacial score (nSPS) is 29.8. The highest BCUT2D eigenvalue weighted by atomic mass is 16.5. The smallest absolute Gasteiger partial charge is 0.186 e. The second kappa shape index (κ2) is 7.09. The zero-order valence-electron chi connectivity index (χ0n) is 17.7. The first-order chi connectivity index (χ1) is 14.2. The maximum atomic E-state index is 6.93. The Bertz CT molecular complexity index is 1030. The van der Waals surface area contributed by atoms with Crippen molar-refractivity contribution >= 4 is 16.3 Å². The lowest BCUT2D eigenvalue weighted by atomic mass is 9.76. The van der Waals surface area contributed by atoms with Crippen molar-refractivity contribution in [3.05, 3.63) is 77.7 Å². The van der Waals surface area contributed by atoms with Crippen LogP contribution in [0, 0.1) is 5.92 Å². The standard InChI is InChI=1S/C27H31NO/c1-4-9-25-26(29-27(15-14-19(27)3)28(25)16-5-2)23-13-8-12-22-17-20-10-6-7-11-21(20)18-24(22)23/h5-7,9-11,17-19H,2,4,8,12-16H2,1,3H3/b25-9-,26-23+. The predicted molar refractivity (Wildman–Crippen MR) is 121 cm³/mol. The van der Waals surface area contributed by atoms with Gasteiger partial charge in [0.25, 0.3) is 0 Å². The third-order valence-electron chi connectivity index (χ3n) is 7.12. The first-order valence-electron chi connectivity index (χ1n) is 11.2. The number of nitrogens with zero attached hydrogens (tertiary/aromatic N) is 1. The van der Waals surface area contributed by atoms with Crippen LogP contribution < -0.4 is 0 Å². The summed E-state index contributed by atoms with van der Waals surface area (Å²) in [5.41, 5.74) is 5.38. The molecule has 3 aliphatic rings. The maximum absolute atomic E-state index is 6.93. The molecule has 2 aliphatic carbocycles. The van der Waals surface area contributed by atoms with Crippen LogP contribution in [0.4, 0.5) is 0 Å². The minimum atomic E-state index is -0.175. The number of hydrogen-bond acceptors (Lipinski definition) is 2. The molecule has 0 radical (unpaired) electrons. The zero-order valence-corrected chi connectivity index (χ0v) is 17.7. The summed E-state index contributed by atoms with van der Waals surface area (Å²) in [4.78, 5) is 2.50. The Labute approximate surface area is 174 Å². The summed E-state index contributed by atoms with van der Waals surface area (Å²) in [7, 11) is 0. The molecule has 2 atom stereocenters. The largest absolute Gasteiger partial charge is 0.465 e. The second-order valence-corrected chi connectivity index (χ2v) is 8.80. The van der Waals surface area contributed by atoms with Gasteiger partial charge in [-0.15, -0.1) is 6.58 Å². The summed E-state index contributed by atoms with van der Waals surface area (Å²) >= 11 is 0. The van der Waals surface area contributed by atoms with Gasteiger partial charge < -0.3 is 9.64 Å². The number of benzene rings is 2. The molecule has 2 unspecified atom stereocenters. The molecule has 5 rings (SSSR count). The molecule has 0 amide bonds. The minimum Gasteiger partial charge on any atom is -0.465 e. The summed E-state index contributed by atoms with van der Waals surface area (Å²) in [6.07, 6.45) is 11.2. The van der Waals surface area contributed by atoms with Crippen LogP contribution >= 0.6 is 0 Å². The molecular formula is C27H31NO. The van der Waals surface area contributed by atoms with Crippen LogP contribution in [-0.2, 0) is 11.2 Å². The fourth-order valence-corrected chi connectivity index (χ4v) is 5.44. The van der Waals surface area contributed by atoms with Crippen LogP contribution in [0.1, 0.15) is 57.1 Å². The van der Waals surface area contributed by atoms with Gasteiger partial charge in [-0.3, -0.25) is 0 Å². The van der Waals surface area contributed by atoms with E-state index in [1.165, 1.54) is 46.0 Å². The third-order valence-corrected chi connectivity index (χ3v) is 7.12. The molecule has 0 bridgehead atoms. The van der Waals surface area contributed by atoms with E-state index >= 15 is 0 Å². The summed E-state index contributed by atoms with van der Waals surface area (Å²) < 4.78 is 6.93. The summed E-state index contributed by atoms with van der Waals surface area (Å²) in [6, 6.07) is 13.5. The number of allylic oxidation sites excluding steroid dienone is 2. The van der Waals surface area contributed by atoms with Gasteiger partial charge in [0.1, 0.15) is 5.76 Å². The Morgan fingerprint density at radius 2 is 2.00 bits per heavy atom. The van der Waals surface area contributed by atoms with Gasteiger partial charge in [-0.25, -0.2) is 0 Å². The van der Waals surface area contributed by atoms with Gasteiger partial charge in [-0.05, 0) is 60.1 Å². The minimum absolute atomic E-state index is 0.175. The average Bonchev–Trinajstić information content (AvgIpc) is 3.07. The second-order valence-electron chi connectivity index (χ2n) is 8.80. The Hall–Kier alpha value is -2.48. The predicted octanol–water partition coefficient (Wildman–Crippen LogP) is 6.83. The number of ether oxygens (including phenoxy) is 1. The van der Waals surface area contributed by atoms with Crippen molar-refractivity contribution in [1.29, 1.82) is 0 Å². The molecule has 150 valence electrons. The van der Waals surface area contributed by atoms with E-state index in [0.29, 0.717) is 5.92 Å². The van der Waals surface area contributed by atoms with Gasteiger partial charge in [0.15, 0.2) is 5.72 Å². The van der Waals surface area contributed by atoms with E-state index in [4.69, 9.17) is 4.74 Å². The van der Waals surface area contributed by atoms with Crippen LogP contribution in [0.15, 0.2) is 66.6 Å². The lowest BCUT2D eigenvalue weighted by Crippen LogP contribution is -2.56. The van der Waals surface area contributed by atoms with E-state index < -0.39 is 0 Å². The Kier molecular flexibility index (Phi) is 4.53. The summed E-state index contributed by atoms with van der Waals surface area (Å²) in [5.74, 6) is 1.68. The molecule has 2 nitrogen and oxygen atoms in total. The number of fused-ring (bicyclic) bond motifs is 2. The molecule has 29 heavy (non-hydrogen) atoms. The Morgan fingerprint density at radius 1 is 1.21 bits per heavy atom. The summed E-state index contributed by atoms with van der Waals surface area (Å²) in [6.45, 7) is 9.43. The molecule has 2 fully saturated rings. The SMILES string of the molecule is C=CCN1C(=C\CC)/C(=C2/CCCc3cc4ccccc4cc32)OC12CCC2C. The van der Waals surface area contributed by atoms with Crippen LogP contribution in [0.25, 0.3) is 16.3 Å². The van der Waals surface area contributed by atoms with Gasteiger partial charge in [0.05, 0.1) is 5.70 Å². The van der Waals surface area contributed by atoms with E-state index in [1.807, 2.05) is 6.08 Å². The highest BCUT2D eigenvalue weighted by molar-refractivity contribution is 5.89. The molecule has 2 heteroatoms. The molecule has 0 N–H and O–H groups in total. The zero-order chi connectivity index (χ0) is 20.0. The van der Waals surface area contributed by atoms with Gasteiger partial charge in [0.2, 0.25) is 0 Å². The average molecular weight is 386 g/mol. The van der Waals surface area contributed by atoms with Crippen molar-refractivity contribution in [2.45, 2.75) is 58.1 Å². The fraction of sp³-hybridized carbons (Fsp3) is 0.407. The van der Waals surface area contributed by atoms with Crippen molar-refractivity contribution < 1.29 is 4.74 Å². The van der Waals surface area contributed by atoms with Crippen molar-refractivity contribution in [2.24, 2.45) is 5.92 Å². The van der Waals surface area contributed by atoms with Gasteiger partial charge in [-0.1, -0.05) is 56.3 Å². The molecule has 2 aromatic carbocycles. The molecule has 0 aromatic heterocycles. The highest BCUT2D eigenvalue weighted by Gasteiger charge is 2.57. The summed E-state index contributed by atoms with van der Waals surface area (Å²) in [5, 5.41) is 2.66. The van der Waals surface area contributed by atoms with Crippen LogP contribution in [0.3, 0.4) is 0 Å². The number of aryl methyl sites for hydroxylation is 1. The Morgan fingerprint density at radius 3 is 2.66 bits per heavy atom. The van der Waals surface area contributed by atoms with Crippen molar-refractivity contribution in [1.82, 2.24) is 4.90 Å². The molecule has 1 aliphatic heterocycles. The van der Waals surface area contributed by atoms with Crippen LogP contribution in [-0.4, -0.2) is 17.2 Å². The van der Waals surface area contributed by atoms with Crippen molar-refractivity contribution in [2.75, 3.05) is 6.54 Å². The molecule has 1 heterocycles. The fourth-order valence-electron chi connectivity index (χ4n) is 5.44. The van der Waals surface area contributed by atoms with Gasteiger partial charge in [-0.2, -0.15) is 0 Å². The van der Waals surface area contributed by atoms with E-state index in [0.717, 1.165) is 38.0 Å². The third kappa shape index (κ3) is 2.76. The lowest BCUT2D eigenvalue weighted by Gasteiger charge is -2.49. The van der Waals surface area contributed by atoms with Crippen molar-refractivity contribution in [3.8, 4) is 0 Å². The first-order valence-corrected chi connectivity index (χ1v) is 11.2. The lowest BCUT2D eigenvalue weighted by molar-refractivity contribution is -0.160. The number of hydrogen-bond donors (Lipinski definition) is 0. The highest BCUT2D eigenvalue weighted by Crippen LogP contribution is 2.55. The van der Waals surface area contributed by atoms with E-state index in [9.17, 15) is 0 Å². The van der Waals surface area contributed by atoms with E-state index in [1.54, 1.807) is 0 Å². The van der Waals surface area contributed by atoms with E-state index in [2.05, 4.69) is 67.8 Å². The number of rotatable bonds is 3. The molecule has 2 aromatic rings. The maximum Gasteiger partial charge on any atom is 0.186 e.